The molecule has 2 aliphatic rings. The number of aliphatic hydroxyl groups excluding tert-OH is 8. The first-order valence-electron chi connectivity index (χ1n) is 13.2. The van der Waals surface area contributed by atoms with Crippen LogP contribution < -0.4 is 14.2 Å². The lowest BCUT2D eigenvalue weighted by Gasteiger charge is -2.39. The van der Waals surface area contributed by atoms with Crippen molar-refractivity contribution in [3.8, 4) is 23.0 Å². The van der Waals surface area contributed by atoms with Gasteiger partial charge in [0.1, 0.15) is 77.4 Å². The normalized spacial score (nSPS) is 32.9. The Morgan fingerprint density at radius 1 is 0.767 bits per heavy atom. The number of hydrogen-bond donors (Lipinski definition) is 9. The number of hydrogen-bond acceptors (Lipinski definition) is 15. The van der Waals surface area contributed by atoms with Gasteiger partial charge < -0.3 is 69.6 Å². The van der Waals surface area contributed by atoms with Gasteiger partial charge in [-0.3, -0.25) is 4.79 Å². The van der Waals surface area contributed by atoms with Crippen molar-refractivity contribution in [1.29, 1.82) is 0 Å². The van der Waals surface area contributed by atoms with Gasteiger partial charge in [0.05, 0.1) is 20.3 Å². The van der Waals surface area contributed by atoms with Crippen LogP contribution in [0.2, 0.25) is 0 Å². The second kappa shape index (κ2) is 14.0. The van der Waals surface area contributed by atoms with E-state index in [4.69, 9.17) is 23.7 Å². The molecule has 0 amide bonds. The second-order valence-corrected chi connectivity index (χ2v) is 9.92. The predicted octanol–water partition coefficient (Wildman–Crippen LogP) is -2.35. The average Bonchev–Trinajstić information content (AvgIpc) is 3.00. The fourth-order valence-corrected chi connectivity index (χ4v) is 4.56. The van der Waals surface area contributed by atoms with E-state index in [1.165, 1.54) is 37.5 Å². The predicted molar refractivity (Wildman–Crippen MR) is 143 cm³/mol. The van der Waals surface area contributed by atoms with Crippen LogP contribution in [-0.4, -0.2) is 133 Å². The number of carbonyl (C=O) groups excluding carboxylic acids is 1. The molecule has 0 saturated carbocycles. The summed E-state index contributed by atoms with van der Waals surface area (Å²) in [5, 5.41) is 89.3. The van der Waals surface area contributed by atoms with E-state index in [0.717, 1.165) is 6.07 Å². The highest BCUT2D eigenvalue weighted by Gasteiger charge is 2.46. The molecule has 10 atom stereocenters. The van der Waals surface area contributed by atoms with Gasteiger partial charge in [-0.2, -0.15) is 0 Å². The number of carbonyl (C=O) groups is 1. The largest absolute Gasteiger partial charge is 0.507 e. The van der Waals surface area contributed by atoms with Crippen LogP contribution in [0.25, 0.3) is 6.08 Å². The topological polar surface area (TPSA) is 245 Å². The quantitative estimate of drug-likeness (QED) is 0.101. The Morgan fingerprint density at radius 3 is 1.77 bits per heavy atom. The monoisotopic (exact) mass is 610 g/mol. The summed E-state index contributed by atoms with van der Waals surface area (Å²) < 4.78 is 26.9. The highest BCUT2D eigenvalue weighted by atomic mass is 16.7. The van der Waals surface area contributed by atoms with E-state index in [0.29, 0.717) is 5.56 Å². The Bertz CT molecular complexity index is 1260. The van der Waals surface area contributed by atoms with Crippen molar-refractivity contribution < 1.29 is 74.4 Å². The summed E-state index contributed by atoms with van der Waals surface area (Å²) in [5.41, 5.74) is 0.331. The van der Waals surface area contributed by atoms with Crippen molar-refractivity contribution in [2.24, 2.45) is 0 Å². The van der Waals surface area contributed by atoms with Crippen molar-refractivity contribution in [2.75, 3.05) is 20.3 Å². The smallest absolute Gasteiger partial charge is 0.229 e. The number of ketones is 1. The lowest BCUT2D eigenvalue weighted by molar-refractivity contribution is -0.277. The van der Waals surface area contributed by atoms with Gasteiger partial charge in [-0.25, -0.2) is 0 Å². The lowest BCUT2D eigenvalue weighted by Crippen LogP contribution is -2.60. The van der Waals surface area contributed by atoms with Crippen LogP contribution in [0.4, 0.5) is 0 Å². The molecule has 2 heterocycles. The van der Waals surface area contributed by atoms with Gasteiger partial charge in [-0.05, 0) is 23.8 Å². The Kier molecular flexibility index (Phi) is 10.6. The van der Waals surface area contributed by atoms with Gasteiger partial charge >= 0.3 is 0 Å². The number of phenolic OH excluding ortho intramolecular Hbond substituents is 1. The zero-order valence-electron chi connectivity index (χ0n) is 22.8. The molecule has 2 saturated heterocycles. The van der Waals surface area contributed by atoms with Crippen LogP contribution in [0.15, 0.2) is 42.5 Å². The van der Waals surface area contributed by atoms with Crippen LogP contribution in [0.5, 0.6) is 23.0 Å². The van der Waals surface area contributed by atoms with Crippen molar-refractivity contribution >= 4 is 11.9 Å². The zero-order chi connectivity index (χ0) is 31.4. The minimum absolute atomic E-state index is 0.0856. The highest BCUT2D eigenvalue weighted by Crippen LogP contribution is 2.36. The Labute approximate surface area is 245 Å². The van der Waals surface area contributed by atoms with E-state index < -0.39 is 86.2 Å². The fraction of sp³-hybridized carbons (Fsp3) is 0.464. The molecule has 15 heteroatoms. The molecule has 43 heavy (non-hydrogen) atoms. The molecule has 0 aliphatic carbocycles. The maximum atomic E-state index is 13.0. The first-order chi connectivity index (χ1) is 20.5. The third kappa shape index (κ3) is 7.08. The summed E-state index contributed by atoms with van der Waals surface area (Å²) in [5.74, 6) is -1.14. The van der Waals surface area contributed by atoms with Crippen LogP contribution in [-0.2, 0) is 9.47 Å². The molecule has 15 nitrogen and oxygen atoms in total. The molecule has 2 aromatic rings. The van der Waals surface area contributed by atoms with Crippen LogP contribution in [0, 0.1) is 0 Å². The third-order valence-electron chi connectivity index (χ3n) is 7.03. The Hall–Kier alpha value is -3.35. The highest BCUT2D eigenvalue weighted by molar-refractivity contribution is 6.10. The molecular weight excluding hydrogens is 576 g/mol. The van der Waals surface area contributed by atoms with Gasteiger partial charge in [-0.1, -0.05) is 18.2 Å². The second-order valence-electron chi connectivity index (χ2n) is 9.92. The van der Waals surface area contributed by atoms with Gasteiger partial charge in [0, 0.05) is 12.1 Å². The summed E-state index contributed by atoms with van der Waals surface area (Å²) in [6, 6.07) is 8.43. The van der Waals surface area contributed by atoms with Crippen molar-refractivity contribution in [3.05, 3.63) is 53.6 Å². The number of rotatable bonds is 10. The van der Waals surface area contributed by atoms with Gasteiger partial charge in [0.25, 0.3) is 0 Å². The summed E-state index contributed by atoms with van der Waals surface area (Å²) >= 11 is 0. The van der Waals surface area contributed by atoms with Crippen LogP contribution in [0.3, 0.4) is 0 Å². The minimum atomic E-state index is -1.69. The van der Waals surface area contributed by atoms with Crippen LogP contribution in [0.1, 0.15) is 15.9 Å². The van der Waals surface area contributed by atoms with E-state index in [2.05, 4.69) is 0 Å². The van der Waals surface area contributed by atoms with E-state index in [9.17, 15) is 50.8 Å². The molecule has 0 spiro atoms. The molecule has 2 aliphatic heterocycles. The third-order valence-corrected chi connectivity index (χ3v) is 7.03. The first-order valence-corrected chi connectivity index (χ1v) is 13.2. The van der Waals surface area contributed by atoms with Gasteiger partial charge in [0.2, 0.25) is 12.6 Å². The zero-order valence-corrected chi connectivity index (χ0v) is 22.8. The average molecular weight is 611 g/mol. The first kappa shape index (κ1) is 32.6. The van der Waals surface area contributed by atoms with Crippen molar-refractivity contribution in [3.63, 3.8) is 0 Å². The summed E-state index contributed by atoms with van der Waals surface area (Å²) in [4.78, 5) is 13.0. The number of phenols is 1. The maximum absolute atomic E-state index is 13.0. The number of methoxy groups -OCH3 is 1. The fourth-order valence-electron chi connectivity index (χ4n) is 4.56. The molecule has 4 unspecified atom stereocenters. The molecule has 2 fully saturated rings. The Morgan fingerprint density at radius 2 is 1.28 bits per heavy atom. The molecular formula is C28H34O15. The van der Waals surface area contributed by atoms with E-state index in [1.54, 1.807) is 12.1 Å². The number of ether oxygens (including phenoxy) is 5. The van der Waals surface area contributed by atoms with Gasteiger partial charge in [0.15, 0.2) is 5.78 Å². The summed E-state index contributed by atoms with van der Waals surface area (Å²) in [6.45, 7) is -1.26. The van der Waals surface area contributed by atoms with E-state index in [1.807, 2.05) is 0 Å². The summed E-state index contributed by atoms with van der Waals surface area (Å²) in [6.07, 6.45) is -12.2. The SMILES string of the molecule is COc1cc(O[C@H]2OC(CO)[C@@H](O)[C@H](O)C2O)cc(O)c1C(=O)/C=C/c1ccc(O[C@H]2OC(CO)[C@@H](O)[C@H](O)C2O)cc1. The molecule has 2 aromatic carbocycles. The number of benzene rings is 2. The van der Waals surface area contributed by atoms with Crippen LogP contribution >= 0.6 is 0 Å². The number of aliphatic hydroxyl groups is 8. The molecule has 236 valence electrons. The molecule has 4 rings (SSSR count). The molecule has 0 aromatic heterocycles. The Balaban J connectivity index is 1.43. The molecule has 0 bridgehead atoms. The van der Waals surface area contributed by atoms with Gasteiger partial charge in [-0.15, -0.1) is 0 Å². The number of aromatic hydroxyl groups is 1. The molecule has 0 radical (unpaired) electrons. The van der Waals surface area contributed by atoms with E-state index >= 15 is 0 Å². The lowest BCUT2D eigenvalue weighted by atomic mass is 9.99. The standard InChI is InChI=1S/C28H34O15/c1-39-17-9-14(41-28-26(38)24(36)22(34)19(11-30)43-28)8-16(32)20(17)15(31)7-4-12-2-5-13(6-3-12)40-27-25(37)23(35)21(33)18(10-29)42-27/h2-9,18-19,21-30,32-38H,10-11H2,1H3/b7-4+/t18?,19?,21-,22-,23+,24+,25?,26?,27+,28+/m1/s1. The minimum Gasteiger partial charge on any atom is -0.507 e. The maximum Gasteiger partial charge on any atom is 0.229 e. The summed E-state index contributed by atoms with van der Waals surface area (Å²) in [7, 11) is 1.25. The van der Waals surface area contributed by atoms with E-state index in [-0.39, 0.29) is 22.8 Å². The van der Waals surface area contributed by atoms with Crippen molar-refractivity contribution in [1.82, 2.24) is 0 Å². The number of allylic oxidation sites excluding steroid dienone is 1. The molecule has 9 N–H and O–H groups in total. The van der Waals surface area contributed by atoms with Crippen molar-refractivity contribution in [2.45, 2.75) is 61.4 Å².